The summed E-state index contributed by atoms with van der Waals surface area (Å²) in [6.45, 7) is 3.28. The van der Waals surface area contributed by atoms with Crippen LogP contribution in [-0.4, -0.2) is 43.5 Å². The van der Waals surface area contributed by atoms with Crippen molar-refractivity contribution in [2.24, 2.45) is 5.10 Å². The standard InChI is InChI=1S/C16H17N3O3S/c20-14-4-2-1-3-13(14)16(21)18-17-11-12-5-6-15(23-12)19-7-9-22-10-8-19/h1-6,11,20H,7-10H2,(H,18,21). The summed E-state index contributed by atoms with van der Waals surface area (Å²) in [5.41, 5.74) is 2.62. The number of phenols is 1. The maximum atomic E-state index is 11.9. The van der Waals surface area contributed by atoms with E-state index in [-0.39, 0.29) is 11.3 Å². The number of aromatic hydroxyl groups is 1. The molecule has 120 valence electrons. The second-order valence-corrected chi connectivity index (χ2v) is 6.09. The van der Waals surface area contributed by atoms with E-state index in [0.29, 0.717) is 0 Å². The first-order valence-corrected chi connectivity index (χ1v) is 8.09. The highest BCUT2D eigenvalue weighted by Crippen LogP contribution is 2.25. The molecule has 1 aliphatic heterocycles. The third-order valence-electron chi connectivity index (χ3n) is 3.44. The molecule has 0 radical (unpaired) electrons. The predicted molar refractivity (Wildman–Crippen MR) is 90.5 cm³/mol. The molecule has 23 heavy (non-hydrogen) atoms. The van der Waals surface area contributed by atoms with Crippen LogP contribution in [-0.2, 0) is 4.74 Å². The van der Waals surface area contributed by atoms with Gasteiger partial charge in [0.25, 0.3) is 5.91 Å². The zero-order chi connectivity index (χ0) is 16.1. The predicted octanol–water partition coefficient (Wildman–Crippen LogP) is 2.05. The van der Waals surface area contributed by atoms with Crippen LogP contribution in [0, 0.1) is 0 Å². The maximum absolute atomic E-state index is 11.9. The van der Waals surface area contributed by atoms with Crippen LogP contribution in [0.5, 0.6) is 5.75 Å². The van der Waals surface area contributed by atoms with Gasteiger partial charge in [-0.2, -0.15) is 5.10 Å². The molecule has 1 aromatic heterocycles. The first-order chi connectivity index (χ1) is 11.2. The number of rotatable bonds is 4. The van der Waals surface area contributed by atoms with Gasteiger partial charge in [-0.25, -0.2) is 5.43 Å². The number of hydrogen-bond donors (Lipinski definition) is 2. The zero-order valence-corrected chi connectivity index (χ0v) is 13.3. The zero-order valence-electron chi connectivity index (χ0n) is 12.4. The summed E-state index contributed by atoms with van der Waals surface area (Å²) in [4.78, 5) is 15.1. The van der Waals surface area contributed by atoms with Gasteiger partial charge >= 0.3 is 0 Å². The Balaban J connectivity index is 1.59. The number of amides is 1. The molecule has 2 heterocycles. The van der Waals surface area contributed by atoms with Crippen LogP contribution in [0.15, 0.2) is 41.5 Å². The molecule has 0 atom stereocenters. The molecular weight excluding hydrogens is 314 g/mol. The topological polar surface area (TPSA) is 74.2 Å². The number of para-hydroxylation sites is 1. The lowest BCUT2D eigenvalue weighted by molar-refractivity contribution is 0.0952. The van der Waals surface area contributed by atoms with Gasteiger partial charge in [-0.15, -0.1) is 11.3 Å². The number of ether oxygens (including phenoxy) is 1. The normalized spacial score (nSPS) is 15.0. The number of hydrogen-bond acceptors (Lipinski definition) is 6. The Labute approximate surface area is 138 Å². The Morgan fingerprint density at radius 1 is 1.26 bits per heavy atom. The van der Waals surface area contributed by atoms with E-state index in [9.17, 15) is 9.90 Å². The third kappa shape index (κ3) is 3.88. The fraction of sp³-hybridized carbons (Fsp3) is 0.250. The van der Waals surface area contributed by atoms with Crippen molar-refractivity contribution >= 4 is 28.5 Å². The molecule has 2 aromatic rings. The Morgan fingerprint density at radius 3 is 2.83 bits per heavy atom. The molecule has 1 amide bonds. The quantitative estimate of drug-likeness (QED) is 0.664. The second kappa shape index (κ2) is 7.26. The van der Waals surface area contributed by atoms with Crippen LogP contribution >= 0.6 is 11.3 Å². The summed E-state index contributed by atoms with van der Waals surface area (Å²) in [7, 11) is 0. The van der Waals surface area contributed by atoms with E-state index in [2.05, 4.69) is 15.4 Å². The van der Waals surface area contributed by atoms with E-state index in [1.165, 1.54) is 11.1 Å². The Morgan fingerprint density at radius 2 is 2.04 bits per heavy atom. The number of morpholine rings is 1. The van der Waals surface area contributed by atoms with Crippen molar-refractivity contribution in [1.29, 1.82) is 0 Å². The SMILES string of the molecule is O=C(NN=Cc1ccc(N2CCOCC2)s1)c1ccccc1O. The van der Waals surface area contributed by atoms with E-state index in [1.807, 2.05) is 12.1 Å². The van der Waals surface area contributed by atoms with Gasteiger partial charge in [-0.3, -0.25) is 4.79 Å². The molecule has 0 unspecified atom stereocenters. The van der Waals surface area contributed by atoms with E-state index >= 15 is 0 Å². The van der Waals surface area contributed by atoms with Gasteiger partial charge in [0, 0.05) is 18.0 Å². The van der Waals surface area contributed by atoms with E-state index in [1.54, 1.807) is 35.8 Å². The highest BCUT2D eigenvalue weighted by atomic mass is 32.1. The molecule has 0 aliphatic carbocycles. The van der Waals surface area contributed by atoms with E-state index in [0.717, 1.165) is 31.2 Å². The summed E-state index contributed by atoms with van der Waals surface area (Å²) in [6.07, 6.45) is 1.60. The minimum absolute atomic E-state index is 0.0640. The van der Waals surface area contributed by atoms with Gasteiger partial charge in [-0.05, 0) is 24.3 Å². The molecule has 3 rings (SSSR count). The second-order valence-electron chi connectivity index (χ2n) is 4.99. The van der Waals surface area contributed by atoms with Gasteiger partial charge in [0.05, 0.1) is 30.0 Å². The average molecular weight is 331 g/mol. The number of nitrogens with one attached hydrogen (secondary N) is 1. The lowest BCUT2D eigenvalue weighted by Gasteiger charge is -2.27. The molecule has 1 saturated heterocycles. The number of phenolic OH excluding ortho intramolecular Hbond substituents is 1. The molecule has 0 spiro atoms. The molecule has 1 aromatic carbocycles. The highest BCUT2D eigenvalue weighted by molar-refractivity contribution is 7.17. The summed E-state index contributed by atoms with van der Waals surface area (Å²) in [5.74, 6) is -0.504. The van der Waals surface area contributed by atoms with Crippen LogP contribution in [0.25, 0.3) is 0 Å². The number of carbonyl (C=O) groups is 1. The number of carbonyl (C=O) groups excluding carboxylic acids is 1. The number of thiophene rings is 1. The van der Waals surface area contributed by atoms with Crippen LogP contribution in [0.3, 0.4) is 0 Å². The minimum Gasteiger partial charge on any atom is -0.507 e. The summed E-state index contributed by atoms with van der Waals surface area (Å²) in [6, 6.07) is 10.4. The number of benzene rings is 1. The maximum Gasteiger partial charge on any atom is 0.275 e. The lowest BCUT2D eigenvalue weighted by atomic mass is 10.2. The number of nitrogens with zero attached hydrogens (tertiary/aromatic N) is 2. The van der Waals surface area contributed by atoms with Gasteiger partial charge in [-0.1, -0.05) is 12.1 Å². The van der Waals surface area contributed by atoms with Crippen LogP contribution in [0.1, 0.15) is 15.2 Å². The fourth-order valence-corrected chi connectivity index (χ4v) is 3.18. The van der Waals surface area contributed by atoms with E-state index in [4.69, 9.17) is 4.74 Å². The van der Waals surface area contributed by atoms with Gasteiger partial charge in [0.15, 0.2) is 0 Å². The summed E-state index contributed by atoms with van der Waals surface area (Å²) >= 11 is 1.61. The molecule has 0 bridgehead atoms. The van der Waals surface area contributed by atoms with Crippen molar-refractivity contribution in [3.8, 4) is 5.75 Å². The van der Waals surface area contributed by atoms with Gasteiger partial charge < -0.3 is 14.7 Å². The molecule has 7 heteroatoms. The monoisotopic (exact) mass is 331 g/mol. The Hall–Kier alpha value is -2.38. The molecule has 2 N–H and O–H groups in total. The van der Waals surface area contributed by atoms with Crippen molar-refractivity contribution in [2.75, 3.05) is 31.2 Å². The highest BCUT2D eigenvalue weighted by Gasteiger charge is 2.13. The summed E-state index contributed by atoms with van der Waals surface area (Å²) < 4.78 is 5.34. The molecule has 0 saturated carbocycles. The number of anilines is 1. The molecular formula is C16H17N3O3S. The molecule has 1 aliphatic rings. The summed E-state index contributed by atoms with van der Waals surface area (Å²) in [5, 5.41) is 14.7. The first-order valence-electron chi connectivity index (χ1n) is 7.28. The average Bonchev–Trinajstić information content (AvgIpc) is 3.05. The minimum atomic E-state index is -0.440. The largest absolute Gasteiger partial charge is 0.507 e. The third-order valence-corrected chi connectivity index (χ3v) is 4.52. The molecule has 1 fully saturated rings. The van der Waals surface area contributed by atoms with Crippen molar-refractivity contribution < 1.29 is 14.6 Å². The van der Waals surface area contributed by atoms with Crippen LogP contribution in [0.4, 0.5) is 5.00 Å². The Bertz CT molecular complexity index is 708. The number of hydrazone groups is 1. The first kappa shape index (κ1) is 15.5. The van der Waals surface area contributed by atoms with E-state index < -0.39 is 5.91 Å². The van der Waals surface area contributed by atoms with Crippen molar-refractivity contribution in [2.45, 2.75) is 0 Å². The lowest BCUT2D eigenvalue weighted by Crippen LogP contribution is -2.35. The van der Waals surface area contributed by atoms with Crippen LogP contribution in [0.2, 0.25) is 0 Å². The smallest absolute Gasteiger partial charge is 0.275 e. The molecule has 6 nitrogen and oxygen atoms in total. The van der Waals surface area contributed by atoms with Crippen LogP contribution < -0.4 is 10.3 Å². The Kier molecular flexibility index (Phi) is 4.89. The van der Waals surface area contributed by atoms with Gasteiger partial charge in [0.1, 0.15) is 5.75 Å². The fourth-order valence-electron chi connectivity index (χ4n) is 2.25. The van der Waals surface area contributed by atoms with Crippen molar-refractivity contribution in [3.05, 3.63) is 46.8 Å². The van der Waals surface area contributed by atoms with Gasteiger partial charge in [0.2, 0.25) is 0 Å². The van der Waals surface area contributed by atoms with Crippen molar-refractivity contribution in [3.63, 3.8) is 0 Å². The van der Waals surface area contributed by atoms with Crippen molar-refractivity contribution in [1.82, 2.24) is 5.43 Å².